The number of nitrogens with one attached hydrogen (secondary N) is 1. The van der Waals surface area contributed by atoms with E-state index in [4.69, 9.17) is 5.73 Å². The van der Waals surface area contributed by atoms with E-state index in [1.807, 2.05) is 18.2 Å². The minimum atomic E-state index is -0.605. The minimum Gasteiger partial charge on any atom is -0.382 e. The van der Waals surface area contributed by atoms with E-state index >= 15 is 0 Å². The van der Waals surface area contributed by atoms with Gasteiger partial charge in [0.1, 0.15) is 5.82 Å². The van der Waals surface area contributed by atoms with Crippen molar-refractivity contribution in [2.24, 2.45) is 0 Å². The van der Waals surface area contributed by atoms with Gasteiger partial charge in [-0.1, -0.05) is 6.07 Å². The molecule has 0 aliphatic rings. The maximum Gasteiger partial charge on any atom is 0.274 e. The van der Waals surface area contributed by atoms with E-state index in [1.54, 1.807) is 12.3 Å². The molecule has 28 heavy (non-hydrogen) atoms. The van der Waals surface area contributed by atoms with E-state index in [0.29, 0.717) is 11.4 Å². The third-order valence-corrected chi connectivity index (χ3v) is 4.49. The van der Waals surface area contributed by atoms with Gasteiger partial charge in [-0.25, -0.2) is 4.39 Å². The standard InChI is InChI=1S/C19H14FN5O3/c20-14-3-5-17(25(27)28)13(7-14)10-24-9-12(2-6-18(24)26)11-1-4-15-16(8-11)22-23-19(15)21/h1-9H,10H2,(H3,21,22,23). The first-order chi connectivity index (χ1) is 13.4. The summed E-state index contributed by atoms with van der Waals surface area (Å²) >= 11 is 0. The summed E-state index contributed by atoms with van der Waals surface area (Å²) in [6, 6.07) is 11.7. The Hall–Kier alpha value is -4.01. The molecule has 9 heteroatoms. The number of aromatic amines is 1. The van der Waals surface area contributed by atoms with Gasteiger partial charge in [-0.2, -0.15) is 5.10 Å². The number of rotatable bonds is 4. The molecule has 3 N–H and O–H groups in total. The molecule has 2 heterocycles. The number of anilines is 1. The molecule has 0 aliphatic heterocycles. The average molecular weight is 379 g/mol. The summed E-state index contributed by atoms with van der Waals surface area (Å²) < 4.78 is 14.9. The van der Waals surface area contributed by atoms with Gasteiger partial charge in [-0.05, 0) is 41.5 Å². The van der Waals surface area contributed by atoms with Gasteiger partial charge in [-0.3, -0.25) is 20.0 Å². The van der Waals surface area contributed by atoms with Crippen LogP contribution in [0.1, 0.15) is 5.56 Å². The number of fused-ring (bicyclic) bond motifs is 1. The molecule has 2 aromatic carbocycles. The summed E-state index contributed by atoms with van der Waals surface area (Å²) in [6.07, 6.45) is 1.58. The Morgan fingerprint density at radius 3 is 2.71 bits per heavy atom. The van der Waals surface area contributed by atoms with Crippen LogP contribution in [0.15, 0.2) is 59.5 Å². The van der Waals surface area contributed by atoms with Crippen LogP contribution in [-0.2, 0) is 6.54 Å². The third-order valence-electron chi connectivity index (χ3n) is 4.49. The van der Waals surface area contributed by atoms with Crippen molar-refractivity contribution in [1.29, 1.82) is 0 Å². The van der Waals surface area contributed by atoms with Crippen LogP contribution in [0.3, 0.4) is 0 Å². The van der Waals surface area contributed by atoms with Crippen LogP contribution in [0.25, 0.3) is 22.0 Å². The summed E-state index contributed by atoms with van der Waals surface area (Å²) in [6.45, 7) is -0.125. The normalized spacial score (nSPS) is 11.0. The Labute approximate surface area is 157 Å². The molecule has 0 fully saturated rings. The fraction of sp³-hybridized carbons (Fsp3) is 0.0526. The number of pyridine rings is 1. The number of aromatic nitrogens is 3. The Morgan fingerprint density at radius 2 is 1.93 bits per heavy atom. The molecule has 0 saturated heterocycles. The number of halogens is 1. The number of H-pyrrole nitrogens is 1. The molecular weight excluding hydrogens is 365 g/mol. The van der Waals surface area contributed by atoms with Crippen molar-refractivity contribution in [1.82, 2.24) is 14.8 Å². The first-order valence-corrected chi connectivity index (χ1v) is 8.29. The number of nitro benzene ring substituents is 1. The van der Waals surface area contributed by atoms with Crippen LogP contribution >= 0.6 is 0 Å². The highest BCUT2D eigenvalue weighted by molar-refractivity contribution is 5.91. The summed E-state index contributed by atoms with van der Waals surface area (Å²) in [7, 11) is 0. The van der Waals surface area contributed by atoms with E-state index < -0.39 is 10.7 Å². The lowest BCUT2D eigenvalue weighted by atomic mass is 10.1. The molecule has 0 atom stereocenters. The van der Waals surface area contributed by atoms with E-state index in [0.717, 1.165) is 34.7 Å². The summed E-state index contributed by atoms with van der Waals surface area (Å²) in [5.74, 6) is -0.211. The molecule has 8 nitrogen and oxygen atoms in total. The molecule has 4 aromatic rings. The topological polar surface area (TPSA) is 120 Å². The second kappa shape index (κ2) is 6.62. The van der Waals surface area contributed by atoms with Crippen molar-refractivity contribution in [2.75, 3.05) is 5.73 Å². The number of hydrogen-bond acceptors (Lipinski definition) is 5. The number of nitro groups is 1. The Balaban J connectivity index is 1.76. The minimum absolute atomic E-state index is 0.112. The van der Waals surface area contributed by atoms with Crippen molar-refractivity contribution in [3.63, 3.8) is 0 Å². The predicted molar refractivity (Wildman–Crippen MR) is 102 cm³/mol. The van der Waals surface area contributed by atoms with Crippen molar-refractivity contribution in [3.8, 4) is 11.1 Å². The summed E-state index contributed by atoms with van der Waals surface area (Å²) in [5, 5.41) is 18.8. The lowest BCUT2D eigenvalue weighted by Gasteiger charge is -2.09. The maximum absolute atomic E-state index is 13.6. The Morgan fingerprint density at radius 1 is 1.14 bits per heavy atom. The molecule has 0 radical (unpaired) electrons. The molecule has 0 bridgehead atoms. The lowest BCUT2D eigenvalue weighted by Crippen LogP contribution is -2.19. The molecule has 0 saturated carbocycles. The van der Waals surface area contributed by atoms with Gasteiger partial charge < -0.3 is 10.3 Å². The van der Waals surface area contributed by atoms with Gasteiger partial charge >= 0.3 is 0 Å². The SMILES string of the molecule is Nc1n[nH]c2cc(-c3ccc(=O)n(Cc4cc(F)ccc4[N+](=O)[O-])c3)ccc12. The zero-order valence-corrected chi connectivity index (χ0v) is 14.4. The molecule has 2 aromatic heterocycles. The molecule has 140 valence electrons. The van der Waals surface area contributed by atoms with Gasteiger partial charge in [0.15, 0.2) is 5.82 Å². The molecule has 4 rings (SSSR count). The number of hydrogen-bond donors (Lipinski definition) is 2. The zero-order valence-electron chi connectivity index (χ0n) is 14.4. The van der Waals surface area contributed by atoms with Crippen molar-refractivity contribution < 1.29 is 9.31 Å². The van der Waals surface area contributed by atoms with E-state index in [9.17, 15) is 19.3 Å². The maximum atomic E-state index is 13.6. The smallest absolute Gasteiger partial charge is 0.274 e. The average Bonchev–Trinajstić information content (AvgIpc) is 3.04. The highest BCUT2D eigenvalue weighted by Crippen LogP contribution is 2.26. The molecule has 0 amide bonds. The molecule has 0 unspecified atom stereocenters. The van der Waals surface area contributed by atoms with Crippen LogP contribution in [0, 0.1) is 15.9 Å². The van der Waals surface area contributed by atoms with Crippen LogP contribution in [-0.4, -0.2) is 19.7 Å². The van der Waals surface area contributed by atoms with E-state index in [2.05, 4.69) is 10.2 Å². The van der Waals surface area contributed by atoms with Crippen LogP contribution in [0.5, 0.6) is 0 Å². The quantitative estimate of drug-likeness (QED) is 0.417. The second-order valence-corrected chi connectivity index (χ2v) is 6.28. The van der Waals surface area contributed by atoms with Gasteiger partial charge in [0.05, 0.1) is 22.5 Å². The van der Waals surface area contributed by atoms with Gasteiger partial charge in [-0.15, -0.1) is 0 Å². The Kier molecular flexibility index (Phi) is 4.11. The summed E-state index contributed by atoms with van der Waals surface area (Å²) in [4.78, 5) is 22.9. The van der Waals surface area contributed by atoms with Crippen LogP contribution in [0.2, 0.25) is 0 Å². The zero-order chi connectivity index (χ0) is 19.8. The fourth-order valence-corrected chi connectivity index (χ4v) is 3.09. The van der Waals surface area contributed by atoms with Crippen LogP contribution in [0.4, 0.5) is 15.9 Å². The number of nitrogen functional groups attached to an aromatic ring is 1. The molecule has 0 aliphatic carbocycles. The highest BCUT2D eigenvalue weighted by Gasteiger charge is 2.15. The van der Waals surface area contributed by atoms with Crippen molar-refractivity contribution in [3.05, 3.63) is 86.6 Å². The van der Waals surface area contributed by atoms with Crippen molar-refractivity contribution >= 4 is 22.4 Å². The van der Waals surface area contributed by atoms with E-state index in [-0.39, 0.29) is 23.4 Å². The van der Waals surface area contributed by atoms with Gasteiger partial charge in [0.25, 0.3) is 11.2 Å². The molecule has 0 spiro atoms. The number of nitrogens with zero attached hydrogens (tertiary/aromatic N) is 3. The number of nitrogens with two attached hydrogens (primary N) is 1. The second-order valence-electron chi connectivity index (χ2n) is 6.28. The molecular formula is C19H14FN5O3. The van der Waals surface area contributed by atoms with Gasteiger partial charge in [0.2, 0.25) is 0 Å². The lowest BCUT2D eigenvalue weighted by molar-refractivity contribution is -0.385. The van der Waals surface area contributed by atoms with Crippen LogP contribution < -0.4 is 11.3 Å². The number of benzene rings is 2. The fourth-order valence-electron chi connectivity index (χ4n) is 3.09. The van der Waals surface area contributed by atoms with Crippen molar-refractivity contribution in [2.45, 2.75) is 6.54 Å². The monoisotopic (exact) mass is 379 g/mol. The largest absolute Gasteiger partial charge is 0.382 e. The highest BCUT2D eigenvalue weighted by atomic mass is 19.1. The summed E-state index contributed by atoms with van der Waals surface area (Å²) in [5.41, 5.74) is 7.55. The third kappa shape index (κ3) is 3.09. The first kappa shape index (κ1) is 17.4. The Bertz CT molecular complexity index is 1280. The van der Waals surface area contributed by atoms with E-state index in [1.165, 1.54) is 10.6 Å². The van der Waals surface area contributed by atoms with Gasteiger partial charge in [0, 0.05) is 23.7 Å². The predicted octanol–water partition coefficient (Wildman–Crippen LogP) is 3.07. The first-order valence-electron chi connectivity index (χ1n) is 8.29.